The average Bonchev–Trinajstić information content (AvgIpc) is 3.98. The fraction of sp³-hybridized carbons (Fsp3) is 0.0303. The average molecular weight is 883 g/mol. The van der Waals surface area contributed by atoms with Crippen molar-refractivity contribution in [3.05, 3.63) is 273 Å². The predicted molar refractivity (Wildman–Crippen MR) is 288 cm³/mol. The Balaban J connectivity index is 0.824. The molecule has 0 amide bonds. The van der Waals surface area contributed by atoms with Crippen LogP contribution in [0.2, 0.25) is 0 Å². The molecule has 2 atom stereocenters. The first-order chi connectivity index (χ1) is 34.2. The van der Waals surface area contributed by atoms with Crippen molar-refractivity contribution in [2.75, 3.05) is 4.90 Å². The summed E-state index contributed by atoms with van der Waals surface area (Å²) < 4.78 is 8.97. The summed E-state index contributed by atoms with van der Waals surface area (Å²) >= 11 is 0. The first kappa shape index (κ1) is 40.4. The second kappa shape index (κ2) is 17.1. The second-order valence-corrected chi connectivity index (χ2v) is 18.0. The van der Waals surface area contributed by atoms with Crippen molar-refractivity contribution in [1.29, 1.82) is 0 Å². The number of para-hydroxylation sites is 4. The quantitative estimate of drug-likeness (QED) is 0.144. The number of benzene rings is 10. The van der Waals surface area contributed by atoms with Gasteiger partial charge in [-0.05, 0) is 105 Å². The highest BCUT2D eigenvalue weighted by molar-refractivity contribution is 6.09. The lowest BCUT2D eigenvalue weighted by Crippen LogP contribution is -2.15. The maximum absolute atomic E-state index is 6.57. The van der Waals surface area contributed by atoms with Gasteiger partial charge in [0.15, 0.2) is 0 Å². The van der Waals surface area contributed by atoms with E-state index in [4.69, 9.17) is 4.74 Å². The van der Waals surface area contributed by atoms with E-state index < -0.39 is 0 Å². The largest absolute Gasteiger partial charge is 0.484 e. The molecule has 69 heavy (non-hydrogen) atoms. The Bertz CT molecular complexity index is 3660. The highest BCUT2D eigenvalue weighted by atomic mass is 16.5. The fourth-order valence-corrected chi connectivity index (χ4v) is 10.6. The molecule has 3 heteroatoms. The predicted octanol–water partition coefficient (Wildman–Crippen LogP) is 17.6. The number of rotatable bonds is 9. The lowest BCUT2D eigenvalue weighted by molar-refractivity contribution is 0.270. The highest BCUT2D eigenvalue weighted by Crippen LogP contribution is 2.47. The van der Waals surface area contributed by atoms with Gasteiger partial charge in [-0.25, -0.2) is 0 Å². The van der Waals surface area contributed by atoms with Gasteiger partial charge >= 0.3 is 0 Å². The molecule has 1 aliphatic carbocycles. The third kappa shape index (κ3) is 7.24. The first-order valence-corrected chi connectivity index (χ1v) is 23.8. The minimum atomic E-state index is 0.0422. The van der Waals surface area contributed by atoms with Crippen LogP contribution in [0.5, 0.6) is 5.75 Å². The second-order valence-electron chi connectivity index (χ2n) is 18.0. The molecule has 2 unspecified atom stereocenters. The minimum Gasteiger partial charge on any atom is -0.484 e. The van der Waals surface area contributed by atoms with Crippen LogP contribution in [0.4, 0.5) is 17.1 Å². The number of hydrogen-bond donors (Lipinski definition) is 0. The van der Waals surface area contributed by atoms with Crippen LogP contribution in [0.3, 0.4) is 0 Å². The maximum atomic E-state index is 6.57. The zero-order chi connectivity index (χ0) is 45.7. The number of hydrogen-bond acceptors (Lipinski definition) is 2. The number of allylic oxidation sites excluding steroid dienone is 2. The normalized spacial score (nSPS) is 14.7. The molecule has 1 aromatic heterocycles. The summed E-state index contributed by atoms with van der Waals surface area (Å²) in [5.41, 5.74) is 19.8. The van der Waals surface area contributed by atoms with Crippen LogP contribution >= 0.6 is 0 Å². The van der Waals surface area contributed by atoms with Crippen molar-refractivity contribution in [2.24, 2.45) is 0 Å². The zero-order valence-electron chi connectivity index (χ0n) is 37.9. The van der Waals surface area contributed by atoms with E-state index in [1.54, 1.807) is 0 Å². The smallest absolute Gasteiger partial charge is 0.132 e. The highest BCUT2D eigenvalue weighted by Gasteiger charge is 2.33. The van der Waals surface area contributed by atoms with Gasteiger partial charge in [-0.2, -0.15) is 0 Å². The number of anilines is 3. The van der Waals surface area contributed by atoms with Crippen molar-refractivity contribution >= 4 is 38.9 Å². The van der Waals surface area contributed by atoms with Gasteiger partial charge in [-0.15, -0.1) is 0 Å². The summed E-state index contributed by atoms with van der Waals surface area (Å²) in [6.07, 6.45) is 8.67. The van der Waals surface area contributed by atoms with Crippen LogP contribution < -0.4 is 9.64 Å². The summed E-state index contributed by atoms with van der Waals surface area (Å²) in [5.74, 6) is 1.23. The number of aromatic nitrogens is 1. The summed E-state index contributed by atoms with van der Waals surface area (Å²) in [4.78, 5) is 2.35. The molecule has 13 rings (SSSR count). The van der Waals surface area contributed by atoms with Crippen molar-refractivity contribution in [2.45, 2.75) is 12.0 Å². The molecule has 0 radical (unpaired) electrons. The third-order valence-electron chi connectivity index (χ3n) is 14.0. The first-order valence-electron chi connectivity index (χ1n) is 23.8. The summed E-state index contributed by atoms with van der Waals surface area (Å²) in [7, 11) is 0. The Labute approximate surface area is 402 Å². The lowest BCUT2D eigenvalue weighted by Gasteiger charge is -2.26. The Hall–Kier alpha value is -8.92. The monoisotopic (exact) mass is 882 g/mol. The van der Waals surface area contributed by atoms with Crippen LogP contribution in [0.1, 0.15) is 11.5 Å². The lowest BCUT2D eigenvalue weighted by atomic mass is 9.90. The number of nitrogens with zero attached hydrogens (tertiary/aromatic N) is 2. The van der Waals surface area contributed by atoms with Crippen LogP contribution in [-0.4, -0.2) is 10.7 Å². The Kier molecular flexibility index (Phi) is 9.98. The van der Waals surface area contributed by atoms with Crippen LogP contribution in [0.25, 0.3) is 83.1 Å². The third-order valence-corrected chi connectivity index (χ3v) is 14.0. The van der Waals surface area contributed by atoms with Gasteiger partial charge < -0.3 is 14.2 Å². The molecule has 2 heterocycles. The molecule has 0 fully saturated rings. The van der Waals surface area contributed by atoms with E-state index in [0.717, 1.165) is 39.5 Å². The minimum absolute atomic E-state index is 0.0422. The van der Waals surface area contributed by atoms with Crippen molar-refractivity contribution in [3.8, 4) is 67.1 Å². The van der Waals surface area contributed by atoms with Crippen molar-refractivity contribution in [1.82, 2.24) is 4.57 Å². The molecular formula is C66H46N2O. The SMILES string of the molecule is C1=CC2Oc3c(-c4ccc(N(c5ccc(-c6ccc(-c7ccccc7)cc6)cc5)c5ccc(-c6ccc(-c7ccccc7-n7c8ccccc8c8ccccc87)cc6)cc5)cc4)cccc3C2C=C1. The summed E-state index contributed by atoms with van der Waals surface area (Å²) in [6, 6.07) is 87.9. The molecule has 0 spiro atoms. The van der Waals surface area contributed by atoms with Gasteiger partial charge in [0, 0.05) is 50.4 Å². The number of ether oxygens (including phenoxy) is 1. The van der Waals surface area contributed by atoms with Crippen LogP contribution in [0, 0.1) is 0 Å². The van der Waals surface area contributed by atoms with Gasteiger partial charge in [-0.3, -0.25) is 0 Å². The van der Waals surface area contributed by atoms with E-state index in [1.807, 2.05) is 0 Å². The van der Waals surface area contributed by atoms with E-state index >= 15 is 0 Å². The van der Waals surface area contributed by atoms with Gasteiger partial charge in [0.2, 0.25) is 0 Å². The molecular weight excluding hydrogens is 837 g/mol. The van der Waals surface area contributed by atoms with E-state index in [9.17, 15) is 0 Å². The Morgan fingerprint density at radius 1 is 0.333 bits per heavy atom. The molecule has 2 aliphatic rings. The van der Waals surface area contributed by atoms with Crippen LogP contribution in [0.15, 0.2) is 267 Å². The molecule has 0 bridgehead atoms. The molecule has 0 N–H and O–H groups in total. The van der Waals surface area contributed by atoms with Gasteiger partial charge in [0.1, 0.15) is 11.9 Å². The van der Waals surface area contributed by atoms with E-state index in [1.165, 1.54) is 72.0 Å². The topological polar surface area (TPSA) is 17.4 Å². The Morgan fingerprint density at radius 3 is 1.33 bits per heavy atom. The molecule has 0 saturated heterocycles. The standard InChI is InChI=1S/C66H46N2O/c1-2-13-45(14-3-1)46-25-27-47(28-26-46)49-33-39-53(40-34-49)67(55-43-37-52(38-44-55)57-19-12-20-61-60-18-7-11-24-65(60)69-66(57)61)54-41-35-50(36-42-54)48-29-31-51(32-30-48)56-15-4-8-21-62(56)68-63-22-9-5-16-58(63)59-17-6-10-23-64(59)68/h1-44,60,65H. The van der Waals surface area contributed by atoms with Crippen LogP contribution in [-0.2, 0) is 0 Å². The van der Waals surface area contributed by atoms with E-state index in [2.05, 4.69) is 276 Å². The van der Waals surface area contributed by atoms with E-state index in [0.29, 0.717) is 0 Å². The molecule has 3 nitrogen and oxygen atoms in total. The summed E-state index contributed by atoms with van der Waals surface area (Å²) in [6.45, 7) is 0. The zero-order valence-corrected chi connectivity index (χ0v) is 37.9. The molecule has 11 aromatic rings. The van der Waals surface area contributed by atoms with Crippen molar-refractivity contribution < 1.29 is 4.74 Å². The summed E-state index contributed by atoms with van der Waals surface area (Å²) in [5, 5.41) is 2.52. The van der Waals surface area contributed by atoms with E-state index in [-0.39, 0.29) is 12.0 Å². The fourth-order valence-electron chi connectivity index (χ4n) is 10.6. The molecule has 10 aromatic carbocycles. The Morgan fingerprint density at radius 2 is 0.754 bits per heavy atom. The van der Waals surface area contributed by atoms with Gasteiger partial charge in [0.25, 0.3) is 0 Å². The number of fused-ring (bicyclic) bond motifs is 6. The maximum Gasteiger partial charge on any atom is 0.132 e. The van der Waals surface area contributed by atoms with Gasteiger partial charge in [-0.1, -0.05) is 206 Å². The van der Waals surface area contributed by atoms with Gasteiger partial charge in [0.05, 0.1) is 16.7 Å². The van der Waals surface area contributed by atoms with Crippen molar-refractivity contribution in [3.63, 3.8) is 0 Å². The molecule has 1 aliphatic heterocycles. The molecule has 0 saturated carbocycles. The molecule has 326 valence electrons.